The molecule has 6 aromatic heterocycles. The summed E-state index contributed by atoms with van der Waals surface area (Å²) >= 11 is 0. The molecule has 1 aliphatic carbocycles. The maximum atomic E-state index is 5.41. The molecular weight excluding hydrogens is 1140 g/mol. The van der Waals surface area contributed by atoms with Gasteiger partial charge in [-0.25, -0.2) is 0 Å². The van der Waals surface area contributed by atoms with Gasteiger partial charge < -0.3 is 13.2 Å². The topological polar surface area (TPSA) is 51.9 Å². The van der Waals surface area contributed by atoms with Crippen LogP contribution in [-0.4, -0.2) is 28.2 Å². The number of hydrogen-bond donors (Lipinski definition) is 0. The molecule has 0 saturated carbocycles. The van der Waals surface area contributed by atoms with Gasteiger partial charge >= 0.3 is 20.1 Å². The second kappa shape index (κ2) is 20.5. The van der Waals surface area contributed by atoms with E-state index in [1.807, 2.05) is 18.2 Å². The van der Waals surface area contributed by atoms with Gasteiger partial charge in [0.15, 0.2) is 0 Å². The van der Waals surface area contributed by atoms with Crippen LogP contribution < -0.4 is 0 Å². The van der Waals surface area contributed by atoms with E-state index < -0.39 is 0 Å². The summed E-state index contributed by atoms with van der Waals surface area (Å²) in [5.41, 5.74) is 16.4. The molecule has 13 rings (SSSR count). The molecule has 12 aromatic rings. The van der Waals surface area contributed by atoms with Gasteiger partial charge in [-0.05, 0) is 150 Å². The van der Waals surface area contributed by atoms with Crippen molar-refractivity contribution in [2.75, 3.05) is 0 Å². The van der Waals surface area contributed by atoms with E-state index in [2.05, 4.69) is 209 Å². The number of hydrogen-bond acceptors (Lipinski definition) is 3. The summed E-state index contributed by atoms with van der Waals surface area (Å²) in [6, 6.07) is 51.1. The predicted octanol–water partition coefficient (Wildman–Crippen LogP) is 17.9. The maximum absolute atomic E-state index is 5.41. The van der Waals surface area contributed by atoms with Crippen LogP contribution in [-0.2, 0) is 58.6 Å². The van der Waals surface area contributed by atoms with Crippen LogP contribution in [0.15, 0.2) is 139 Å². The monoisotopic (exact) mass is 1210 g/mol. The number of fused-ring (bicyclic) bond motifs is 18. The molecule has 0 saturated heterocycles. The first kappa shape index (κ1) is 53.0. The molecule has 7 heteroatoms. The van der Waals surface area contributed by atoms with Crippen molar-refractivity contribution in [2.45, 2.75) is 133 Å². The number of benzene rings is 6. The smallest absolute Gasteiger partial charge is 0.340 e. The first-order valence-corrected chi connectivity index (χ1v) is 28.8. The van der Waals surface area contributed by atoms with Gasteiger partial charge in [0, 0.05) is 52.2 Å². The first-order chi connectivity index (χ1) is 37.4. The number of aryl methyl sites for hydroxylation is 3. The molecule has 400 valence electrons. The Morgan fingerprint density at radius 3 is 1.23 bits per heavy atom. The summed E-state index contributed by atoms with van der Waals surface area (Å²) in [4.78, 5) is 16.2. The van der Waals surface area contributed by atoms with Gasteiger partial charge in [-0.3, -0.25) is 15.0 Å². The van der Waals surface area contributed by atoms with E-state index in [-0.39, 0.29) is 36.4 Å². The third kappa shape index (κ3) is 10.7. The molecule has 0 aliphatic heterocycles. The molecule has 0 bridgehead atoms. The van der Waals surface area contributed by atoms with Crippen molar-refractivity contribution in [2.24, 2.45) is 28.1 Å². The first-order valence-electron chi connectivity index (χ1n) is 28.8. The van der Waals surface area contributed by atoms with Crippen LogP contribution in [0, 0.1) is 46.3 Å². The minimum absolute atomic E-state index is 0. The predicted molar refractivity (Wildman–Crippen MR) is 326 cm³/mol. The molecule has 2 atom stereocenters. The Morgan fingerprint density at radius 2 is 0.835 bits per heavy atom. The fourth-order valence-electron chi connectivity index (χ4n) is 13.4. The number of imidazole rings is 3. The van der Waals surface area contributed by atoms with Crippen LogP contribution in [0.5, 0.6) is 0 Å². The minimum atomic E-state index is 0. The van der Waals surface area contributed by atoms with Crippen LogP contribution >= 0.6 is 0 Å². The van der Waals surface area contributed by atoms with Gasteiger partial charge in [0.25, 0.3) is 0 Å². The van der Waals surface area contributed by atoms with Crippen molar-refractivity contribution in [1.82, 2.24) is 28.2 Å². The summed E-state index contributed by atoms with van der Waals surface area (Å²) in [5.74, 6) is 0.983. The summed E-state index contributed by atoms with van der Waals surface area (Å²) in [6.45, 7) is 20.9. The van der Waals surface area contributed by atoms with Crippen LogP contribution in [0.1, 0.15) is 128 Å². The van der Waals surface area contributed by atoms with Gasteiger partial charge in [-0.15, -0.1) is 89.0 Å². The van der Waals surface area contributed by atoms with Crippen LogP contribution in [0.3, 0.4) is 0 Å². The summed E-state index contributed by atoms with van der Waals surface area (Å²) < 4.78 is 7.01. The van der Waals surface area contributed by atoms with E-state index in [1.165, 1.54) is 65.6 Å². The molecule has 0 N–H and O–H groups in total. The second-order valence-corrected chi connectivity index (χ2v) is 26.9. The molecule has 0 spiro atoms. The Labute approximate surface area is 479 Å². The zero-order valence-electron chi connectivity index (χ0n) is 47.7. The van der Waals surface area contributed by atoms with E-state index in [0.717, 1.165) is 121 Å². The molecule has 6 nitrogen and oxygen atoms in total. The molecule has 0 amide bonds. The Balaban J connectivity index is 0.00000623. The van der Waals surface area contributed by atoms with Crippen molar-refractivity contribution in [3.8, 4) is 0 Å². The standard InChI is InChI=1S/C72H73N6.Ir/c1-70(2,3)40-49-25-31-64-61(37-49)55-16-10-13-19-58(55)67-73-52(43-76(64)67)28-22-46-34-47(23-29-53-44-77-65-32-26-50(41-71(4,5)6)38-62(65)56-17-11-14-20-59(56)68(77)74-53)36-48(35-46)24-30-54-45-78-66-33-27-51(42-72(7,8)9)39-63(66)57-18-12-15-21-60(57)69(78)75-54;/h10-18,25-27,31-34,37-39,43-46,48H,22-24,28-30,35-36,40-42H2,1-9H3;/q-3;+3/t46-,48?;/m1./s1. The number of pyridine rings is 3. The van der Waals surface area contributed by atoms with Crippen molar-refractivity contribution in [3.05, 3.63) is 191 Å². The fraction of sp³-hybridized carbons (Fsp3) is 0.347. The second-order valence-electron chi connectivity index (χ2n) is 26.9. The summed E-state index contributed by atoms with van der Waals surface area (Å²) in [6.07, 6.45) is 20.8. The molecule has 0 fully saturated rings. The van der Waals surface area contributed by atoms with E-state index in [9.17, 15) is 0 Å². The van der Waals surface area contributed by atoms with Crippen molar-refractivity contribution < 1.29 is 20.1 Å². The van der Waals surface area contributed by atoms with Crippen LogP contribution in [0.25, 0.3) is 82.0 Å². The van der Waals surface area contributed by atoms with Crippen LogP contribution in [0.2, 0.25) is 0 Å². The molecule has 1 aliphatic rings. The fourth-order valence-corrected chi connectivity index (χ4v) is 13.4. The van der Waals surface area contributed by atoms with Crippen LogP contribution in [0.4, 0.5) is 0 Å². The molecular formula is C72H73IrN6. The van der Waals surface area contributed by atoms with Gasteiger partial charge in [-0.1, -0.05) is 127 Å². The van der Waals surface area contributed by atoms with Crippen molar-refractivity contribution in [1.29, 1.82) is 0 Å². The van der Waals surface area contributed by atoms with E-state index >= 15 is 0 Å². The quantitative estimate of drug-likeness (QED) is 0.0696. The van der Waals surface area contributed by atoms with Crippen molar-refractivity contribution in [3.63, 3.8) is 0 Å². The minimum Gasteiger partial charge on any atom is -0.340 e. The summed E-state index contributed by atoms with van der Waals surface area (Å²) in [5, 5.41) is 10.8. The normalized spacial score (nSPS) is 15.7. The molecule has 0 radical (unpaired) electrons. The largest absolute Gasteiger partial charge is 3.00 e. The summed E-state index contributed by atoms with van der Waals surface area (Å²) in [7, 11) is 0. The number of rotatable bonds is 12. The Bertz CT molecular complexity index is 4330. The van der Waals surface area contributed by atoms with E-state index in [4.69, 9.17) is 15.0 Å². The molecule has 6 aromatic carbocycles. The Kier molecular flexibility index (Phi) is 13.7. The third-order valence-corrected chi connectivity index (χ3v) is 16.5. The number of nitrogens with zero attached hydrogens (tertiary/aromatic N) is 6. The number of aromatic nitrogens is 6. The molecule has 6 heterocycles. The van der Waals surface area contributed by atoms with E-state index in [1.54, 1.807) is 5.57 Å². The van der Waals surface area contributed by atoms with Crippen molar-refractivity contribution >= 4 is 82.0 Å². The number of allylic oxidation sites excluding steroid dienone is 2. The van der Waals surface area contributed by atoms with Gasteiger partial charge in [0.1, 0.15) is 0 Å². The Morgan fingerprint density at radius 1 is 0.456 bits per heavy atom. The van der Waals surface area contributed by atoms with E-state index in [0.29, 0.717) is 11.8 Å². The zero-order chi connectivity index (χ0) is 53.7. The maximum Gasteiger partial charge on any atom is 3.00 e. The third-order valence-electron chi connectivity index (χ3n) is 16.5. The van der Waals surface area contributed by atoms with Gasteiger partial charge in [-0.2, -0.15) is 0 Å². The zero-order valence-corrected chi connectivity index (χ0v) is 50.0. The average molecular weight is 1210 g/mol. The molecule has 79 heavy (non-hydrogen) atoms. The van der Waals surface area contributed by atoms with Gasteiger partial charge in [0.05, 0.1) is 16.9 Å². The average Bonchev–Trinajstić information content (AvgIpc) is 4.40. The SMILES string of the molecule is CC(C)(C)Cc1ccc2c(c1)c1ccc[c-]c1c1nc(CCC3=C[C@@H](CCc4cn5c6ccc(CC(C)(C)C)cc6c6ccc[c-]c6c5n4)CC(CCc4cn5c6ccc(CC(C)(C)C)cc6c6ccc[c-]c6c5n4)C3)cn21.[Ir+3]. The molecule has 1 unspecified atom stereocenters. The van der Waals surface area contributed by atoms with Gasteiger partial charge in [0.2, 0.25) is 0 Å². The Hall–Kier alpha value is -6.66.